The molecule has 0 aromatic carbocycles. The first kappa shape index (κ1) is 17.4. The van der Waals surface area contributed by atoms with Crippen molar-refractivity contribution in [3.8, 4) is 0 Å². The van der Waals surface area contributed by atoms with Crippen molar-refractivity contribution in [1.29, 1.82) is 0 Å². The summed E-state index contributed by atoms with van der Waals surface area (Å²) in [4.78, 5) is 34.5. The van der Waals surface area contributed by atoms with Gasteiger partial charge in [0.15, 0.2) is 0 Å². The molecular weight excluding hydrogens is 340 g/mol. The number of anilines is 1. The Kier molecular flexibility index (Phi) is 4.33. The maximum Gasteiger partial charge on any atom is 0.412 e. The SMILES string of the molecule is Cn1cc(NC(=O)OC(C)(C)C)cc1C(=O)On1nnc2cccnc21. The zero-order valence-electron chi connectivity index (χ0n) is 14.8. The predicted molar refractivity (Wildman–Crippen MR) is 91.5 cm³/mol. The van der Waals surface area contributed by atoms with E-state index in [0.29, 0.717) is 16.9 Å². The minimum Gasteiger partial charge on any atom is -0.444 e. The van der Waals surface area contributed by atoms with Crippen molar-refractivity contribution in [2.75, 3.05) is 5.32 Å². The zero-order chi connectivity index (χ0) is 18.9. The Morgan fingerprint density at radius 1 is 1.27 bits per heavy atom. The number of aromatic nitrogens is 5. The molecule has 0 spiro atoms. The van der Waals surface area contributed by atoms with Crippen molar-refractivity contribution in [2.24, 2.45) is 7.05 Å². The van der Waals surface area contributed by atoms with Crippen molar-refractivity contribution < 1.29 is 19.2 Å². The lowest BCUT2D eigenvalue weighted by molar-refractivity contribution is 0.0394. The topological polar surface area (TPSA) is 113 Å². The Balaban J connectivity index is 1.74. The molecule has 0 aliphatic carbocycles. The molecule has 0 fully saturated rings. The minimum absolute atomic E-state index is 0.204. The number of hydrogen-bond acceptors (Lipinski definition) is 7. The third-order valence-corrected chi connectivity index (χ3v) is 3.21. The Morgan fingerprint density at radius 3 is 2.77 bits per heavy atom. The third kappa shape index (κ3) is 3.79. The van der Waals surface area contributed by atoms with Crippen molar-refractivity contribution in [3.63, 3.8) is 0 Å². The van der Waals surface area contributed by atoms with Crippen LogP contribution < -0.4 is 10.2 Å². The van der Waals surface area contributed by atoms with E-state index in [4.69, 9.17) is 9.57 Å². The summed E-state index contributed by atoms with van der Waals surface area (Å²) in [6, 6.07) is 4.87. The highest BCUT2D eigenvalue weighted by molar-refractivity contribution is 5.92. The van der Waals surface area contributed by atoms with Gasteiger partial charge in [0.1, 0.15) is 16.8 Å². The van der Waals surface area contributed by atoms with Crippen LogP contribution in [0.4, 0.5) is 10.5 Å². The van der Waals surface area contributed by atoms with Crippen LogP contribution >= 0.6 is 0 Å². The van der Waals surface area contributed by atoms with Crippen LogP contribution in [0.3, 0.4) is 0 Å². The number of nitrogens with zero attached hydrogens (tertiary/aromatic N) is 5. The number of carbonyl (C=O) groups is 2. The van der Waals surface area contributed by atoms with Gasteiger partial charge in [-0.3, -0.25) is 5.32 Å². The van der Waals surface area contributed by atoms with E-state index in [-0.39, 0.29) is 5.69 Å². The molecule has 0 unspecified atom stereocenters. The number of aryl methyl sites for hydroxylation is 1. The highest BCUT2D eigenvalue weighted by atomic mass is 16.7. The molecule has 0 aliphatic rings. The first-order chi connectivity index (χ1) is 12.2. The lowest BCUT2D eigenvalue weighted by Gasteiger charge is -2.19. The van der Waals surface area contributed by atoms with E-state index in [1.807, 2.05) is 0 Å². The van der Waals surface area contributed by atoms with Crippen LogP contribution in [0, 0.1) is 0 Å². The van der Waals surface area contributed by atoms with Gasteiger partial charge >= 0.3 is 12.1 Å². The second-order valence-corrected chi connectivity index (χ2v) is 6.54. The van der Waals surface area contributed by atoms with Gasteiger partial charge in [0.05, 0.1) is 5.69 Å². The molecule has 3 heterocycles. The molecule has 3 aromatic rings. The molecular formula is C16H18N6O4. The first-order valence-corrected chi connectivity index (χ1v) is 7.78. The summed E-state index contributed by atoms with van der Waals surface area (Å²) in [5.41, 5.74) is 0.800. The highest BCUT2D eigenvalue weighted by Crippen LogP contribution is 2.16. The second kappa shape index (κ2) is 6.47. The van der Waals surface area contributed by atoms with Gasteiger partial charge in [-0.15, -0.1) is 5.10 Å². The van der Waals surface area contributed by atoms with Gasteiger partial charge in [-0.2, -0.15) is 0 Å². The standard InChI is InChI=1S/C16H18N6O4/c1-16(2,3)25-15(24)18-10-8-12(21(4)9-10)14(23)26-22-13-11(19-20-22)6-5-7-17-13/h5-9H,1-4H3,(H,18,24). The van der Waals surface area contributed by atoms with Crippen LogP contribution in [0.1, 0.15) is 31.3 Å². The van der Waals surface area contributed by atoms with Crippen LogP contribution in [-0.2, 0) is 11.8 Å². The van der Waals surface area contributed by atoms with E-state index in [2.05, 4.69) is 20.6 Å². The summed E-state index contributed by atoms with van der Waals surface area (Å²) < 4.78 is 6.69. The Bertz CT molecular complexity index is 969. The maximum atomic E-state index is 12.4. The maximum absolute atomic E-state index is 12.4. The molecule has 0 bridgehead atoms. The van der Waals surface area contributed by atoms with Gasteiger partial charge in [0.2, 0.25) is 5.65 Å². The Labute approximate surface area is 148 Å². The average Bonchev–Trinajstić information content (AvgIpc) is 3.09. The molecule has 0 radical (unpaired) electrons. The lowest BCUT2D eigenvalue weighted by atomic mass is 10.2. The van der Waals surface area contributed by atoms with Gasteiger partial charge < -0.3 is 14.1 Å². The van der Waals surface area contributed by atoms with Gasteiger partial charge in [0.25, 0.3) is 0 Å². The van der Waals surface area contributed by atoms with Crippen LogP contribution in [-0.4, -0.2) is 42.4 Å². The summed E-state index contributed by atoms with van der Waals surface area (Å²) in [5, 5.41) is 10.2. The summed E-state index contributed by atoms with van der Waals surface area (Å²) in [7, 11) is 1.65. The van der Waals surface area contributed by atoms with Crippen molar-refractivity contribution in [3.05, 3.63) is 36.3 Å². The van der Waals surface area contributed by atoms with E-state index in [9.17, 15) is 9.59 Å². The fourth-order valence-electron chi connectivity index (χ4n) is 2.19. The molecule has 0 aliphatic heterocycles. The molecule has 3 rings (SSSR count). The third-order valence-electron chi connectivity index (χ3n) is 3.21. The normalized spacial score (nSPS) is 11.4. The molecule has 0 saturated heterocycles. The largest absolute Gasteiger partial charge is 0.444 e. The molecule has 26 heavy (non-hydrogen) atoms. The Morgan fingerprint density at radius 2 is 2.04 bits per heavy atom. The molecule has 136 valence electrons. The zero-order valence-corrected chi connectivity index (χ0v) is 14.8. The summed E-state index contributed by atoms with van der Waals surface area (Å²) in [6.07, 6.45) is 2.49. The van der Waals surface area contributed by atoms with Crippen LogP contribution in [0.2, 0.25) is 0 Å². The average molecular weight is 358 g/mol. The van der Waals surface area contributed by atoms with E-state index in [0.717, 1.165) is 4.85 Å². The number of fused-ring (bicyclic) bond motifs is 1. The molecule has 0 atom stereocenters. The summed E-state index contributed by atoms with van der Waals surface area (Å²) in [5.74, 6) is -0.679. The molecule has 10 nitrogen and oxygen atoms in total. The van der Waals surface area contributed by atoms with E-state index < -0.39 is 17.7 Å². The number of hydrogen-bond donors (Lipinski definition) is 1. The molecule has 0 saturated carbocycles. The van der Waals surface area contributed by atoms with Crippen molar-refractivity contribution in [2.45, 2.75) is 26.4 Å². The number of amides is 1. The van der Waals surface area contributed by atoms with Gasteiger partial charge in [-0.1, -0.05) is 0 Å². The first-order valence-electron chi connectivity index (χ1n) is 7.78. The number of carbonyl (C=O) groups excluding carboxylic acids is 2. The summed E-state index contributed by atoms with van der Waals surface area (Å²) in [6.45, 7) is 5.28. The molecule has 10 heteroatoms. The number of rotatable bonds is 3. The van der Waals surface area contributed by atoms with Gasteiger partial charge in [-0.25, -0.2) is 14.6 Å². The van der Waals surface area contributed by atoms with Crippen LogP contribution in [0.15, 0.2) is 30.6 Å². The smallest absolute Gasteiger partial charge is 0.412 e. The second-order valence-electron chi connectivity index (χ2n) is 6.54. The molecule has 1 N–H and O–H groups in total. The van der Waals surface area contributed by atoms with Gasteiger partial charge in [0, 0.05) is 19.4 Å². The van der Waals surface area contributed by atoms with E-state index in [1.165, 1.54) is 10.6 Å². The predicted octanol–water partition coefficient (Wildman–Crippen LogP) is 1.78. The number of pyridine rings is 1. The fraction of sp³-hybridized carbons (Fsp3) is 0.312. The quantitative estimate of drug-likeness (QED) is 0.710. The Hall–Kier alpha value is -3.43. The molecule has 1 amide bonds. The van der Waals surface area contributed by atoms with E-state index in [1.54, 1.807) is 52.3 Å². The van der Waals surface area contributed by atoms with Crippen LogP contribution in [0.25, 0.3) is 11.2 Å². The van der Waals surface area contributed by atoms with Crippen LogP contribution in [0.5, 0.6) is 0 Å². The number of ether oxygens (including phenoxy) is 1. The minimum atomic E-state index is -0.679. The van der Waals surface area contributed by atoms with Crippen molar-refractivity contribution in [1.82, 2.24) is 24.7 Å². The molecule has 3 aromatic heterocycles. The highest BCUT2D eigenvalue weighted by Gasteiger charge is 2.20. The van der Waals surface area contributed by atoms with Gasteiger partial charge in [-0.05, 0) is 49.0 Å². The number of nitrogens with one attached hydrogen (secondary N) is 1. The lowest BCUT2D eigenvalue weighted by Crippen LogP contribution is -2.27. The van der Waals surface area contributed by atoms with Crippen molar-refractivity contribution >= 4 is 28.9 Å². The summed E-state index contributed by atoms with van der Waals surface area (Å²) >= 11 is 0. The fourth-order valence-corrected chi connectivity index (χ4v) is 2.19. The van der Waals surface area contributed by atoms with E-state index >= 15 is 0 Å². The monoisotopic (exact) mass is 358 g/mol.